The van der Waals surface area contributed by atoms with Crippen molar-refractivity contribution >= 4 is 5.97 Å². The summed E-state index contributed by atoms with van der Waals surface area (Å²) in [7, 11) is 0. The molecule has 0 aromatic carbocycles. The van der Waals surface area contributed by atoms with Crippen LogP contribution in [-0.2, 0) is 4.79 Å². The summed E-state index contributed by atoms with van der Waals surface area (Å²) in [4.78, 5) is 10.6. The molecular weight excluding hydrogens is 178 g/mol. The molecule has 0 heterocycles. The van der Waals surface area contributed by atoms with Gasteiger partial charge < -0.3 is 10.8 Å². The summed E-state index contributed by atoms with van der Waals surface area (Å²) in [6.07, 6.45) is 9.13. The molecular formula is C11H21NO2. The quantitative estimate of drug-likeness (QED) is 0.488. The fraction of sp³-hybridized carbons (Fsp3) is 0.727. The topological polar surface area (TPSA) is 63.3 Å². The van der Waals surface area contributed by atoms with Crippen LogP contribution in [0.15, 0.2) is 12.2 Å². The van der Waals surface area contributed by atoms with Gasteiger partial charge in [0.2, 0.25) is 0 Å². The molecule has 0 amide bonds. The van der Waals surface area contributed by atoms with Crippen LogP contribution in [0.25, 0.3) is 0 Å². The number of carboxylic acids is 1. The molecule has 0 saturated heterocycles. The van der Waals surface area contributed by atoms with Gasteiger partial charge in [0, 0.05) is 0 Å². The first-order valence-electron chi connectivity index (χ1n) is 5.20. The molecule has 0 aliphatic rings. The molecule has 0 spiro atoms. The van der Waals surface area contributed by atoms with Crippen molar-refractivity contribution in [2.75, 3.05) is 0 Å². The van der Waals surface area contributed by atoms with Gasteiger partial charge in [0.25, 0.3) is 0 Å². The Morgan fingerprint density at radius 2 is 2.07 bits per heavy atom. The van der Waals surface area contributed by atoms with Crippen LogP contribution in [0.1, 0.15) is 46.0 Å². The SMILES string of the molecule is CCCCCCC=CC(C)(N)C(=O)O. The molecule has 82 valence electrons. The third kappa shape index (κ3) is 5.75. The maximum atomic E-state index is 10.6. The zero-order valence-corrected chi connectivity index (χ0v) is 9.12. The molecule has 14 heavy (non-hydrogen) atoms. The summed E-state index contributed by atoms with van der Waals surface area (Å²) < 4.78 is 0. The minimum atomic E-state index is -1.22. The largest absolute Gasteiger partial charge is 0.480 e. The van der Waals surface area contributed by atoms with E-state index in [9.17, 15) is 4.79 Å². The Morgan fingerprint density at radius 3 is 2.57 bits per heavy atom. The zero-order chi connectivity index (χ0) is 11.0. The van der Waals surface area contributed by atoms with Crippen LogP contribution in [0, 0.1) is 0 Å². The Hall–Kier alpha value is -0.830. The molecule has 3 N–H and O–H groups in total. The van der Waals surface area contributed by atoms with E-state index in [1.165, 1.54) is 26.2 Å². The number of unbranched alkanes of at least 4 members (excludes halogenated alkanes) is 4. The molecule has 0 fully saturated rings. The van der Waals surface area contributed by atoms with Crippen LogP contribution in [0.4, 0.5) is 0 Å². The first kappa shape index (κ1) is 13.2. The van der Waals surface area contributed by atoms with Crippen LogP contribution in [0.3, 0.4) is 0 Å². The second-order valence-corrected chi connectivity index (χ2v) is 3.84. The van der Waals surface area contributed by atoms with E-state index in [1.54, 1.807) is 6.08 Å². The molecule has 0 radical (unpaired) electrons. The standard InChI is InChI=1S/C11H21NO2/c1-3-4-5-6-7-8-9-11(2,12)10(13)14/h8-9H,3-7,12H2,1-2H3,(H,13,14). The average Bonchev–Trinajstić information content (AvgIpc) is 2.10. The van der Waals surface area contributed by atoms with Gasteiger partial charge >= 0.3 is 5.97 Å². The smallest absolute Gasteiger partial charge is 0.327 e. The van der Waals surface area contributed by atoms with E-state index >= 15 is 0 Å². The van der Waals surface area contributed by atoms with Crippen LogP contribution in [0.2, 0.25) is 0 Å². The zero-order valence-electron chi connectivity index (χ0n) is 9.12. The fourth-order valence-corrected chi connectivity index (χ4v) is 1.09. The first-order chi connectivity index (χ1) is 6.50. The van der Waals surface area contributed by atoms with Gasteiger partial charge in [0.1, 0.15) is 5.54 Å². The normalized spacial score (nSPS) is 15.6. The number of allylic oxidation sites excluding steroid dienone is 1. The van der Waals surface area contributed by atoms with Gasteiger partial charge in [0.05, 0.1) is 0 Å². The summed E-state index contributed by atoms with van der Waals surface area (Å²) in [5.41, 5.74) is 4.30. The molecule has 0 aromatic heterocycles. The summed E-state index contributed by atoms with van der Waals surface area (Å²) in [5, 5.41) is 8.71. The molecule has 0 aliphatic heterocycles. The van der Waals surface area contributed by atoms with Crippen molar-refractivity contribution in [3.05, 3.63) is 12.2 Å². The van der Waals surface area contributed by atoms with Gasteiger partial charge in [-0.3, -0.25) is 0 Å². The third-order valence-corrected chi connectivity index (χ3v) is 2.15. The lowest BCUT2D eigenvalue weighted by Gasteiger charge is -2.12. The summed E-state index contributed by atoms with van der Waals surface area (Å²) in [6, 6.07) is 0. The van der Waals surface area contributed by atoms with Crippen molar-refractivity contribution in [1.29, 1.82) is 0 Å². The van der Waals surface area contributed by atoms with Crippen molar-refractivity contribution in [3.63, 3.8) is 0 Å². The van der Waals surface area contributed by atoms with E-state index in [4.69, 9.17) is 10.8 Å². The summed E-state index contributed by atoms with van der Waals surface area (Å²) in [6.45, 7) is 3.66. The maximum absolute atomic E-state index is 10.6. The molecule has 1 unspecified atom stereocenters. The lowest BCUT2D eigenvalue weighted by Crippen LogP contribution is -2.42. The monoisotopic (exact) mass is 199 g/mol. The molecule has 3 heteroatoms. The fourth-order valence-electron chi connectivity index (χ4n) is 1.09. The molecule has 0 saturated carbocycles. The number of carbonyl (C=O) groups is 1. The van der Waals surface area contributed by atoms with Gasteiger partial charge in [-0.2, -0.15) is 0 Å². The Bertz CT molecular complexity index is 197. The van der Waals surface area contributed by atoms with Crippen LogP contribution in [0.5, 0.6) is 0 Å². The summed E-state index contributed by atoms with van der Waals surface area (Å²) in [5.74, 6) is -0.984. The van der Waals surface area contributed by atoms with Crippen molar-refractivity contribution in [1.82, 2.24) is 0 Å². The Kier molecular flexibility index (Phi) is 6.21. The van der Waals surface area contributed by atoms with Crippen molar-refractivity contribution in [2.24, 2.45) is 5.73 Å². The minimum absolute atomic E-state index is 0.917. The lowest BCUT2D eigenvalue weighted by atomic mass is 10.0. The van der Waals surface area contributed by atoms with Crippen LogP contribution in [-0.4, -0.2) is 16.6 Å². The molecule has 0 aliphatic carbocycles. The van der Waals surface area contributed by atoms with Crippen LogP contribution < -0.4 is 5.73 Å². The Morgan fingerprint density at radius 1 is 1.43 bits per heavy atom. The third-order valence-electron chi connectivity index (χ3n) is 2.15. The molecule has 0 bridgehead atoms. The predicted molar refractivity (Wildman–Crippen MR) is 58.1 cm³/mol. The highest BCUT2D eigenvalue weighted by atomic mass is 16.4. The summed E-state index contributed by atoms with van der Waals surface area (Å²) >= 11 is 0. The van der Waals surface area contributed by atoms with Gasteiger partial charge in [-0.15, -0.1) is 0 Å². The highest BCUT2D eigenvalue weighted by molar-refractivity contribution is 5.80. The van der Waals surface area contributed by atoms with Crippen molar-refractivity contribution in [2.45, 2.75) is 51.5 Å². The first-order valence-corrected chi connectivity index (χ1v) is 5.20. The minimum Gasteiger partial charge on any atom is -0.480 e. The molecule has 0 rings (SSSR count). The molecule has 0 aromatic rings. The van der Waals surface area contributed by atoms with E-state index in [0.717, 1.165) is 12.8 Å². The highest BCUT2D eigenvalue weighted by Gasteiger charge is 2.23. The second kappa shape index (κ2) is 6.60. The second-order valence-electron chi connectivity index (χ2n) is 3.84. The van der Waals surface area contributed by atoms with Crippen LogP contribution >= 0.6 is 0 Å². The lowest BCUT2D eigenvalue weighted by molar-refractivity contribution is -0.140. The van der Waals surface area contributed by atoms with Crippen molar-refractivity contribution < 1.29 is 9.90 Å². The van der Waals surface area contributed by atoms with Gasteiger partial charge in [-0.25, -0.2) is 4.79 Å². The van der Waals surface area contributed by atoms with Gasteiger partial charge in [0.15, 0.2) is 0 Å². The van der Waals surface area contributed by atoms with Gasteiger partial charge in [-0.1, -0.05) is 38.3 Å². The Balaban J connectivity index is 3.67. The molecule has 3 nitrogen and oxygen atoms in total. The van der Waals surface area contributed by atoms with E-state index < -0.39 is 11.5 Å². The number of aliphatic carboxylic acids is 1. The van der Waals surface area contributed by atoms with E-state index in [2.05, 4.69) is 6.92 Å². The van der Waals surface area contributed by atoms with Gasteiger partial charge in [-0.05, 0) is 19.8 Å². The van der Waals surface area contributed by atoms with Crippen molar-refractivity contribution in [3.8, 4) is 0 Å². The number of hydrogen-bond acceptors (Lipinski definition) is 2. The van der Waals surface area contributed by atoms with E-state index in [0.29, 0.717) is 0 Å². The number of rotatable bonds is 7. The number of nitrogens with two attached hydrogens (primary N) is 1. The van der Waals surface area contributed by atoms with E-state index in [1.807, 2.05) is 6.08 Å². The molecule has 1 atom stereocenters. The maximum Gasteiger partial charge on any atom is 0.327 e. The number of hydrogen-bond donors (Lipinski definition) is 2. The Labute approximate surface area is 86.0 Å². The number of carboxylic acid groups (broad SMARTS) is 1. The van der Waals surface area contributed by atoms with E-state index in [-0.39, 0.29) is 0 Å². The average molecular weight is 199 g/mol. The highest BCUT2D eigenvalue weighted by Crippen LogP contribution is 2.06. The predicted octanol–water partition coefficient (Wildman–Crippen LogP) is 2.31.